The summed E-state index contributed by atoms with van der Waals surface area (Å²) in [5, 5.41) is 9.63. The monoisotopic (exact) mass is 319 g/mol. The maximum absolute atomic E-state index is 12.1. The van der Waals surface area contributed by atoms with Crippen LogP contribution in [0, 0.1) is 0 Å². The molecule has 0 unspecified atom stereocenters. The van der Waals surface area contributed by atoms with Gasteiger partial charge in [0.2, 0.25) is 10.0 Å². The molecule has 0 aliphatic carbocycles. The molecule has 0 saturated carbocycles. The molecule has 2 aromatic carbocycles. The summed E-state index contributed by atoms with van der Waals surface area (Å²) in [6.45, 7) is 1.60. The zero-order chi connectivity index (χ0) is 16.2. The standard InChI is InChI=1S/C16H17NO4S/c1-12(18)13-6-8-15(9-7-13)22(20,21)17-11-10-14-4-2-3-5-16(14)19/h2-9,17,19H,10-11H2,1H3. The molecule has 0 amide bonds. The van der Waals surface area contributed by atoms with Crippen molar-refractivity contribution in [2.24, 2.45) is 0 Å². The van der Waals surface area contributed by atoms with E-state index in [9.17, 15) is 18.3 Å². The van der Waals surface area contributed by atoms with Gasteiger partial charge < -0.3 is 5.11 Å². The molecule has 0 radical (unpaired) electrons. The van der Waals surface area contributed by atoms with Crippen molar-refractivity contribution in [3.63, 3.8) is 0 Å². The summed E-state index contributed by atoms with van der Waals surface area (Å²) in [5.74, 6) is 0.0315. The van der Waals surface area contributed by atoms with Crippen molar-refractivity contribution in [3.8, 4) is 5.75 Å². The molecule has 2 N–H and O–H groups in total. The van der Waals surface area contributed by atoms with E-state index in [4.69, 9.17) is 0 Å². The van der Waals surface area contributed by atoms with Gasteiger partial charge in [0, 0.05) is 12.1 Å². The molecule has 0 aliphatic heterocycles. The lowest BCUT2D eigenvalue weighted by molar-refractivity contribution is 0.101. The average molecular weight is 319 g/mol. The topological polar surface area (TPSA) is 83.5 Å². The number of hydrogen-bond acceptors (Lipinski definition) is 4. The first-order valence-corrected chi connectivity index (χ1v) is 8.26. The van der Waals surface area contributed by atoms with Crippen molar-refractivity contribution in [1.82, 2.24) is 4.72 Å². The molecule has 22 heavy (non-hydrogen) atoms. The van der Waals surface area contributed by atoms with Crippen LogP contribution in [0.4, 0.5) is 0 Å². The van der Waals surface area contributed by atoms with Crippen LogP contribution in [0.2, 0.25) is 0 Å². The van der Waals surface area contributed by atoms with Crippen molar-refractivity contribution >= 4 is 15.8 Å². The summed E-state index contributed by atoms with van der Waals surface area (Å²) in [6, 6.07) is 12.6. The van der Waals surface area contributed by atoms with E-state index in [1.54, 1.807) is 24.3 Å². The molecule has 116 valence electrons. The smallest absolute Gasteiger partial charge is 0.240 e. The highest BCUT2D eigenvalue weighted by Crippen LogP contribution is 2.16. The lowest BCUT2D eigenvalue weighted by Gasteiger charge is -2.08. The molecular formula is C16H17NO4S. The lowest BCUT2D eigenvalue weighted by Crippen LogP contribution is -2.26. The van der Waals surface area contributed by atoms with Crippen molar-refractivity contribution < 1.29 is 18.3 Å². The fourth-order valence-corrected chi connectivity index (χ4v) is 3.03. The predicted octanol–water partition coefficient (Wildman–Crippen LogP) is 2.12. The maximum atomic E-state index is 12.1. The number of Topliss-reactive ketones (excluding diaryl/α,β-unsaturated/α-hetero) is 1. The van der Waals surface area contributed by atoms with E-state index in [1.807, 2.05) is 0 Å². The molecule has 0 aromatic heterocycles. The van der Waals surface area contributed by atoms with Crippen molar-refractivity contribution in [1.29, 1.82) is 0 Å². The van der Waals surface area contributed by atoms with Crippen LogP contribution in [-0.2, 0) is 16.4 Å². The van der Waals surface area contributed by atoms with Gasteiger partial charge in [0.05, 0.1) is 4.90 Å². The van der Waals surface area contributed by atoms with Crippen molar-refractivity contribution in [2.45, 2.75) is 18.2 Å². The highest BCUT2D eigenvalue weighted by atomic mass is 32.2. The van der Waals surface area contributed by atoms with Crippen LogP contribution in [0.25, 0.3) is 0 Å². The first-order valence-electron chi connectivity index (χ1n) is 6.78. The second kappa shape index (κ2) is 6.72. The Labute approximate surface area is 129 Å². The summed E-state index contributed by atoms with van der Waals surface area (Å²) in [7, 11) is -3.63. The second-order valence-electron chi connectivity index (χ2n) is 4.86. The quantitative estimate of drug-likeness (QED) is 0.799. The van der Waals surface area contributed by atoms with E-state index < -0.39 is 10.0 Å². The number of phenols is 1. The zero-order valence-corrected chi connectivity index (χ0v) is 12.9. The minimum atomic E-state index is -3.63. The summed E-state index contributed by atoms with van der Waals surface area (Å²) >= 11 is 0. The molecule has 0 heterocycles. The summed E-state index contributed by atoms with van der Waals surface area (Å²) in [6.07, 6.45) is 0.386. The Kier molecular flexibility index (Phi) is 4.95. The molecule has 0 fully saturated rings. The third kappa shape index (κ3) is 3.93. The molecular weight excluding hydrogens is 302 g/mol. The van der Waals surface area contributed by atoms with E-state index >= 15 is 0 Å². The lowest BCUT2D eigenvalue weighted by atomic mass is 10.1. The largest absolute Gasteiger partial charge is 0.508 e. The fourth-order valence-electron chi connectivity index (χ4n) is 1.99. The maximum Gasteiger partial charge on any atom is 0.240 e. The van der Waals surface area contributed by atoms with Gasteiger partial charge in [-0.1, -0.05) is 30.3 Å². The SMILES string of the molecule is CC(=O)c1ccc(S(=O)(=O)NCCc2ccccc2O)cc1. The second-order valence-corrected chi connectivity index (χ2v) is 6.62. The first kappa shape index (κ1) is 16.2. The number of nitrogens with one attached hydrogen (secondary N) is 1. The van der Waals surface area contributed by atoms with Crippen LogP contribution >= 0.6 is 0 Å². The number of hydrogen-bond donors (Lipinski definition) is 2. The van der Waals surface area contributed by atoms with Gasteiger partial charge in [0.15, 0.2) is 5.78 Å². The summed E-state index contributed by atoms with van der Waals surface area (Å²) in [5.41, 5.74) is 1.14. The number of rotatable bonds is 6. The number of sulfonamides is 1. The van der Waals surface area contributed by atoms with Crippen LogP contribution < -0.4 is 4.72 Å². The molecule has 6 heteroatoms. The van der Waals surface area contributed by atoms with Crippen LogP contribution in [0.5, 0.6) is 5.75 Å². The number of carbonyl (C=O) groups excluding carboxylic acids is 1. The zero-order valence-electron chi connectivity index (χ0n) is 12.1. The normalized spacial score (nSPS) is 11.3. The number of phenolic OH excluding ortho intramolecular Hbond substituents is 1. The Bertz CT molecular complexity index is 767. The summed E-state index contributed by atoms with van der Waals surface area (Å²) < 4.78 is 26.7. The van der Waals surface area contributed by atoms with E-state index in [0.717, 1.165) is 0 Å². The highest BCUT2D eigenvalue weighted by Gasteiger charge is 2.14. The van der Waals surface area contributed by atoms with Gasteiger partial charge in [0.25, 0.3) is 0 Å². The number of carbonyl (C=O) groups is 1. The third-order valence-electron chi connectivity index (χ3n) is 3.25. The molecule has 0 spiro atoms. The molecule has 2 rings (SSSR count). The van der Waals surface area contributed by atoms with Crippen molar-refractivity contribution in [2.75, 3.05) is 6.54 Å². The molecule has 0 bridgehead atoms. The van der Waals surface area contributed by atoms with Gasteiger partial charge in [-0.25, -0.2) is 13.1 Å². The van der Waals surface area contributed by atoms with Gasteiger partial charge in [0.1, 0.15) is 5.75 Å². The first-order chi connectivity index (χ1) is 10.4. The Morgan fingerprint density at radius 1 is 1.09 bits per heavy atom. The van der Waals surface area contributed by atoms with Gasteiger partial charge in [-0.3, -0.25) is 4.79 Å². The van der Waals surface area contributed by atoms with Crippen molar-refractivity contribution in [3.05, 3.63) is 59.7 Å². The Morgan fingerprint density at radius 2 is 1.73 bits per heavy atom. The van der Waals surface area contributed by atoms with Crippen LogP contribution in [0.1, 0.15) is 22.8 Å². The van der Waals surface area contributed by atoms with E-state index in [1.165, 1.54) is 31.2 Å². The predicted molar refractivity (Wildman–Crippen MR) is 83.4 cm³/mol. The van der Waals surface area contributed by atoms with Crippen LogP contribution in [0.15, 0.2) is 53.4 Å². The van der Waals surface area contributed by atoms with Gasteiger partial charge in [-0.15, -0.1) is 0 Å². The number of benzene rings is 2. The number of aromatic hydroxyl groups is 1. The minimum absolute atomic E-state index is 0.106. The van der Waals surface area contributed by atoms with Gasteiger partial charge >= 0.3 is 0 Å². The molecule has 0 saturated heterocycles. The molecule has 5 nitrogen and oxygen atoms in total. The Balaban J connectivity index is 2.02. The molecule has 2 aromatic rings. The average Bonchev–Trinajstić information content (AvgIpc) is 2.49. The van der Waals surface area contributed by atoms with Gasteiger partial charge in [-0.05, 0) is 37.1 Å². The summed E-state index contributed by atoms with van der Waals surface area (Å²) in [4.78, 5) is 11.3. The van der Waals surface area contributed by atoms with E-state index in [-0.39, 0.29) is 23.0 Å². The number of ketones is 1. The number of para-hydroxylation sites is 1. The van der Waals surface area contributed by atoms with E-state index in [2.05, 4.69) is 4.72 Å². The minimum Gasteiger partial charge on any atom is -0.508 e. The Hall–Kier alpha value is -2.18. The van der Waals surface area contributed by atoms with Gasteiger partial charge in [-0.2, -0.15) is 0 Å². The highest BCUT2D eigenvalue weighted by molar-refractivity contribution is 7.89. The molecule has 0 atom stereocenters. The van der Waals surface area contributed by atoms with Crippen LogP contribution in [-0.4, -0.2) is 25.9 Å². The van der Waals surface area contributed by atoms with Crippen LogP contribution in [0.3, 0.4) is 0 Å². The van der Waals surface area contributed by atoms with E-state index in [0.29, 0.717) is 17.5 Å². The third-order valence-corrected chi connectivity index (χ3v) is 4.73. The molecule has 0 aliphatic rings. The Morgan fingerprint density at radius 3 is 2.32 bits per heavy atom. The fraction of sp³-hybridized carbons (Fsp3) is 0.188.